The lowest BCUT2D eigenvalue weighted by Crippen LogP contribution is -2.41. The van der Waals surface area contributed by atoms with E-state index in [4.69, 9.17) is 46.0 Å². The molecule has 0 aromatic rings. The van der Waals surface area contributed by atoms with Crippen LogP contribution in [-0.2, 0) is 4.79 Å². The average Bonchev–Trinajstić information content (AvgIpc) is 2.50. The number of aliphatic hydroxyl groups excluding tert-OH is 9. The second-order valence-electron chi connectivity index (χ2n) is 3.86. The van der Waals surface area contributed by atoms with Crippen molar-refractivity contribution in [2.45, 2.75) is 36.6 Å². The SMILES string of the molecule is O=C[C@@H](O)[C@@H](O)[C@H](O)CO.OC[C@@H](O)C(O)[C@@H](O)CO. The van der Waals surface area contributed by atoms with E-state index in [0.29, 0.717) is 0 Å². The van der Waals surface area contributed by atoms with Gasteiger partial charge in [0.15, 0.2) is 6.29 Å². The van der Waals surface area contributed by atoms with Gasteiger partial charge in [0.05, 0.1) is 19.8 Å². The molecule has 0 spiro atoms. The summed E-state index contributed by atoms with van der Waals surface area (Å²) in [5, 5.41) is 76.6. The van der Waals surface area contributed by atoms with Gasteiger partial charge in [0.25, 0.3) is 0 Å². The topological polar surface area (TPSA) is 199 Å². The van der Waals surface area contributed by atoms with Crippen LogP contribution in [0.15, 0.2) is 0 Å². The van der Waals surface area contributed by atoms with E-state index in [2.05, 4.69) is 0 Å². The zero-order valence-electron chi connectivity index (χ0n) is 10.6. The van der Waals surface area contributed by atoms with E-state index in [1.54, 1.807) is 0 Å². The smallest absolute Gasteiger partial charge is 0.151 e. The maximum Gasteiger partial charge on any atom is 0.151 e. The largest absolute Gasteiger partial charge is 0.394 e. The second-order valence-corrected chi connectivity index (χ2v) is 3.86. The molecule has 0 fully saturated rings. The molecule has 9 N–H and O–H groups in total. The summed E-state index contributed by atoms with van der Waals surface area (Å²) in [7, 11) is 0. The van der Waals surface area contributed by atoms with Gasteiger partial charge in [-0.05, 0) is 0 Å². The molecule has 0 aliphatic rings. The lowest BCUT2D eigenvalue weighted by molar-refractivity contribution is -0.127. The maximum atomic E-state index is 9.76. The maximum absolute atomic E-state index is 9.76. The molecule has 0 heterocycles. The Kier molecular flexibility index (Phi) is 13.1. The van der Waals surface area contributed by atoms with Crippen LogP contribution in [0.1, 0.15) is 0 Å². The van der Waals surface area contributed by atoms with Crippen molar-refractivity contribution in [2.24, 2.45) is 0 Å². The van der Waals surface area contributed by atoms with Crippen molar-refractivity contribution < 1.29 is 50.8 Å². The minimum Gasteiger partial charge on any atom is -0.394 e. The summed E-state index contributed by atoms with van der Waals surface area (Å²) in [5.41, 5.74) is 0. The molecule has 0 aliphatic carbocycles. The molecule has 0 aromatic carbocycles. The first-order valence-corrected chi connectivity index (χ1v) is 5.62. The molecule has 0 saturated heterocycles. The van der Waals surface area contributed by atoms with Crippen LogP contribution in [0.5, 0.6) is 0 Å². The van der Waals surface area contributed by atoms with Gasteiger partial charge in [-0.25, -0.2) is 0 Å². The Balaban J connectivity index is 0. The third-order valence-corrected chi connectivity index (χ3v) is 2.23. The number of rotatable bonds is 8. The van der Waals surface area contributed by atoms with Crippen molar-refractivity contribution in [1.82, 2.24) is 0 Å². The number of hydrogen-bond acceptors (Lipinski definition) is 10. The van der Waals surface area contributed by atoms with Crippen LogP contribution in [0, 0.1) is 0 Å². The van der Waals surface area contributed by atoms with Crippen LogP contribution in [-0.4, -0.2) is 109 Å². The first kappa shape index (κ1) is 21.6. The molecular weight excluding hydrogens is 280 g/mol. The monoisotopic (exact) mass is 302 g/mol. The molecule has 0 bridgehead atoms. The molecule has 0 rings (SSSR count). The number of aliphatic hydroxyl groups is 9. The molecule has 0 radical (unpaired) electrons. The Labute approximate surface area is 114 Å². The normalized spacial score (nSPS) is 19.9. The van der Waals surface area contributed by atoms with Crippen molar-refractivity contribution in [1.29, 1.82) is 0 Å². The fourth-order valence-corrected chi connectivity index (χ4v) is 0.889. The van der Waals surface area contributed by atoms with E-state index >= 15 is 0 Å². The van der Waals surface area contributed by atoms with Gasteiger partial charge in [0.1, 0.15) is 36.6 Å². The van der Waals surface area contributed by atoms with Crippen molar-refractivity contribution in [3.8, 4) is 0 Å². The van der Waals surface area contributed by atoms with Crippen LogP contribution in [0.4, 0.5) is 0 Å². The summed E-state index contributed by atoms with van der Waals surface area (Å²) >= 11 is 0. The van der Waals surface area contributed by atoms with Gasteiger partial charge in [0.2, 0.25) is 0 Å². The molecule has 0 aromatic heterocycles. The fourth-order valence-electron chi connectivity index (χ4n) is 0.889. The van der Waals surface area contributed by atoms with E-state index in [1.807, 2.05) is 0 Å². The van der Waals surface area contributed by atoms with E-state index < -0.39 is 56.4 Å². The quantitative estimate of drug-likeness (QED) is 0.195. The Morgan fingerprint density at radius 1 is 0.650 bits per heavy atom. The summed E-state index contributed by atoms with van der Waals surface area (Å²) in [4.78, 5) is 9.76. The van der Waals surface area contributed by atoms with Gasteiger partial charge >= 0.3 is 0 Å². The molecule has 0 aliphatic heterocycles. The van der Waals surface area contributed by atoms with Crippen LogP contribution in [0.2, 0.25) is 0 Å². The summed E-state index contributed by atoms with van der Waals surface area (Å²) in [6, 6.07) is 0. The van der Waals surface area contributed by atoms with E-state index in [1.165, 1.54) is 0 Å². The van der Waals surface area contributed by atoms with Crippen molar-refractivity contribution in [3.63, 3.8) is 0 Å². The van der Waals surface area contributed by atoms with Crippen LogP contribution in [0.3, 0.4) is 0 Å². The van der Waals surface area contributed by atoms with Crippen LogP contribution >= 0.6 is 0 Å². The van der Waals surface area contributed by atoms with Crippen LogP contribution in [0.25, 0.3) is 0 Å². The molecule has 0 amide bonds. The first-order chi connectivity index (χ1) is 9.26. The Hall–Kier alpha value is -0.690. The third kappa shape index (κ3) is 8.47. The highest BCUT2D eigenvalue weighted by molar-refractivity contribution is 5.56. The Morgan fingerprint density at radius 2 is 0.950 bits per heavy atom. The highest BCUT2D eigenvalue weighted by Crippen LogP contribution is 1.98. The highest BCUT2D eigenvalue weighted by Gasteiger charge is 2.23. The Bertz CT molecular complexity index is 228. The highest BCUT2D eigenvalue weighted by atomic mass is 16.4. The van der Waals surface area contributed by atoms with Gasteiger partial charge in [-0.2, -0.15) is 0 Å². The molecule has 0 saturated carbocycles. The molecular formula is C10H22O10. The zero-order chi connectivity index (χ0) is 16.3. The molecule has 10 nitrogen and oxygen atoms in total. The minimum absolute atomic E-state index is 0.0869. The van der Waals surface area contributed by atoms with Gasteiger partial charge in [-0.15, -0.1) is 0 Å². The van der Waals surface area contributed by atoms with Gasteiger partial charge in [0, 0.05) is 0 Å². The van der Waals surface area contributed by atoms with E-state index in [-0.39, 0.29) is 6.29 Å². The lowest BCUT2D eigenvalue weighted by atomic mass is 10.1. The predicted molar refractivity (Wildman–Crippen MR) is 63.4 cm³/mol. The third-order valence-electron chi connectivity index (χ3n) is 2.23. The molecule has 1 unspecified atom stereocenters. The van der Waals surface area contributed by atoms with Crippen molar-refractivity contribution >= 4 is 6.29 Å². The fraction of sp³-hybridized carbons (Fsp3) is 0.900. The molecule has 6 atom stereocenters. The number of aldehydes is 1. The summed E-state index contributed by atoms with van der Waals surface area (Å²) < 4.78 is 0. The Morgan fingerprint density at radius 3 is 1.20 bits per heavy atom. The predicted octanol–water partition coefficient (Wildman–Crippen LogP) is -5.69. The van der Waals surface area contributed by atoms with Gasteiger partial charge in [-0.1, -0.05) is 0 Å². The number of carbonyl (C=O) groups excluding carboxylic acids is 1. The van der Waals surface area contributed by atoms with E-state index in [0.717, 1.165) is 0 Å². The van der Waals surface area contributed by atoms with Crippen molar-refractivity contribution in [2.75, 3.05) is 19.8 Å². The second kappa shape index (κ2) is 12.1. The van der Waals surface area contributed by atoms with E-state index in [9.17, 15) is 4.79 Å². The summed E-state index contributed by atoms with van der Waals surface area (Å²) in [5.74, 6) is 0. The number of carbonyl (C=O) groups is 1. The number of hydrogen-bond donors (Lipinski definition) is 9. The zero-order valence-corrected chi connectivity index (χ0v) is 10.6. The molecule has 10 heteroatoms. The molecule has 122 valence electrons. The van der Waals surface area contributed by atoms with Gasteiger partial charge < -0.3 is 50.8 Å². The standard InChI is InChI=1S/C5H12O5.C5H10O5/c2*6-1-3(8)5(10)4(9)2-7/h3-10H,1-2H2;1,3-5,7-10H,2H2/t3-,4+,5?;3-,4-,5-/m.1/s1. The average molecular weight is 302 g/mol. The first-order valence-electron chi connectivity index (χ1n) is 5.62. The van der Waals surface area contributed by atoms with Crippen molar-refractivity contribution in [3.05, 3.63) is 0 Å². The van der Waals surface area contributed by atoms with Gasteiger partial charge in [-0.3, -0.25) is 0 Å². The summed E-state index contributed by atoms with van der Waals surface area (Å²) in [6.45, 7) is -1.97. The van der Waals surface area contributed by atoms with Crippen LogP contribution < -0.4 is 0 Å². The lowest BCUT2D eigenvalue weighted by Gasteiger charge is -2.19. The molecule has 20 heavy (non-hydrogen) atoms. The minimum atomic E-state index is -1.64. The summed E-state index contributed by atoms with van der Waals surface area (Å²) in [6.07, 6.45) is -8.92.